The van der Waals surface area contributed by atoms with E-state index >= 15 is 0 Å². The molecule has 1 saturated carbocycles. The van der Waals surface area contributed by atoms with Crippen molar-refractivity contribution in [3.63, 3.8) is 0 Å². The molecule has 192 valence electrons. The highest BCUT2D eigenvalue weighted by molar-refractivity contribution is 8.00. The zero-order chi connectivity index (χ0) is 24.0. The van der Waals surface area contributed by atoms with Crippen molar-refractivity contribution in [2.24, 2.45) is 29.6 Å². The van der Waals surface area contributed by atoms with Gasteiger partial charge in [0, 0.05) is 63.1 Å². The van der Waals surface area contributed by atoms with Gasteiger partial charge in [0.15, 0.2) is 0 Å². The van der Waals surface area contributed by atoms with E-state index in [-0.39, 0.29) is 76.4 Å². The van der Waals surface area contributed by atoms with Crippen LogP contribution in [0.15, 0.2) is 0 Å². The zero-order valence-corrected chi connectivity index (χ0v) is 21.5. The Morgan fingerprint density at radius 1 is 1.15 bits per heavy atom. The second kappa shape index (κ2) is 10.4. The van der Waals surface area contributed by atoms with Gasteiger partial charge in [0.05, 0.1) is 17.5 Å². The standard InChI is InChI=1S/C23H38ClN5O4S/c1-11-3-14(15-5-20(24)26-7-18(15)33-2)16(6-25-11)21(31)28-23-27-17-8-29(9-19(17)34-23)22(32)13-4-12(13)10-30/h11-20,23,25-27,30H,3-10H2,1-2H3,(H,28,31)/t11?,12-,13+,14?,15?,16?,17?,18?,19?,20?,23?/m0/s1. The number of alkyl halides is 1. The number of hydrogen-bond acceptors (Lipinski definition) is 8. The second-order valence-corrected chi connectivity index (χ2v) is 12.6. The van der Waals surface area contributed by atoms with Crippen LogP contribution in [0.4, 0.5) is 0 Å². The number of fused-ring (bicyclic) bond motifs is 1. The van der Waals surface area contributed by atoms with Gasteiger partial charge >= 0.3 is 0 Å². The first-order chi connectivity index (χ1) is 16.4. The maximum atomic E-state index is 13.5. The Morgan fingerprint density at radius 2 is 1.97 bits per heavy atom. The third-order valence-electron chi connectivity index (χ3n) is 8.52. The Balaban J connectivity index is 1.17. The Labute approximate surface area is 210 Å². The first-order valence-corrected chi connectivity index (χ1v) is 14.0. The van der Waals surface area contributed by atoms with Gasteiger partial charge in [0.2, 0.25) is 11.8 Å². The average molecular weight is 516 g/mol. The summed E-state index contributed by atoms with van der Waals surface area (Å²) in [6.45, 7) is 5.02. The lowest BCUT2D eigenvalue weighted by molar-refractivity contribution is -0.132. The first-order valence-electron chi connectivity index (χ1n) is 12.6. The van der Waals surface area contributed by atoms with Crippen molar-refractivity contribution in [1.29, 1.82) is 0 Å². The largest absolute Gasteiger partial charge is 0.396 e. The van der Waals surface area contributed by atoms with Crippen LogP contribution in [0.1, 0.15) is 26.2 Å². The number of amides is 2. The summed E-state index contributed by atoms with van der Waals surface area (Å²) in [5.41, 5.74) is -0.233. The maximum Gasteiger partial charge on any atom is 0.226 e. The van der Waals surface area contributed by atoms with Crippen LogP contribution in [0.5, 0.6) is 0 Å². The van der Waals surface area contributed by atoms with Crippen LogP contribution < -0.4 is 21.3 Å². The first kappa shape index (κ1) is 25.0. The molecular formula is C23H38ClN5O4S. The Kier molecular flexibility index (Phi) is 7.66. The molecule has 1 aliphatic carbocycles. The van der Waals surface area contributed by atoms with E-state index in [1.165, 1.54) is 0 Å². The molecule has 9 nitrogen and oxygen atoms in total. The third-order valence-corrected chi connectivity index (χ3v) is 10.2. The number of ether oxygens (including phenoxy) is 1. The second-order valence-electron chi connectivity index (χ2n) is 10.7. The van der Waals surface area contributed by atoms with Gasteiger partial charge in [-0.05, 0) is 43.9 Å². The topological polar surface area (TPSA) is 115 Å². The molecule has 0 radical (unpaired) electrons. The van der Waals surface area contributed by atoms with Crippen LogP contribution in [0.2, 0.25) is 0 Å². The smallest absolute Gasteiger partial charge is 0.226 e. The lowest BCUT2D eigenvalue weighted by atomic mass is 9.70. The van der Waals surface area contributed by atoms with Gasteiger partial charge in [-0.1, -0.05) is 0 Å². The van der Waals surface area contributed by atoms with Crippen LogP contribution in [0.25, 0.3) is 0 Å². The van der Waals surface area contributed by atoms with Crippen LogP contribution >= 0.6 is 23.4 Å². The van der Waals surface area contributed by atoms with E-state index < -0.39 is 0 Å². The van der Waals surface area contributed by atoms with Gasteiger partial charge in [0.25, 0.3) is 0 Å². The highest BCUT2D eigenvalue weighted by Gasteiger charge is 2.50. The number of methoxy groups -OCH3 is 1. The number of aliphatic hydroxyl groups is 1. The Morgan fingerprint density at radius 3 is 2.68 bits per heavy atom. The molecular weight excluding hydrogens is 478 g/mol. The van der Waals surface area contributed by atoms with Gasteiger partial charge in [-0.3, -0.25) is 20.2 Å². The molecule has 4 heterocycles. The van der Waals surface area contributed by atoms with Crippen molar-refractivity contribution in [1.82, 2.24) is 26.2 Å². The monoisotopic (exact) mass is 515 g/mol. The molecule has 0 bridgehead atoms. The number of thioether (sulfide) groups is 1. The molecule has 0 aromatic heterocycles. The highest BCUT2D eigenvalue weighted by atomic mass is 35.5. The van der Waals surface area contributed by atoms with Gasteiger partial charge in [-0.25, -0.2) is 0 Å². The summed E-state index contributed by atoms with van der Waals surface area (Å²) < 4.78 is 5.78. The van der Waals surface area contributed by atoms with Crippen molar-refractivity contribution in [3.8, 4) is 0 Å². The summed E-state index contributed by atoms with van der Waals surface area (Å²) in [4.78, 5) is 28.0. The van der Waals surface area contributed by atoms with Crippen LogP contribution in [0, 0.1) is 29.6 Å². The van der Waals surface area contributed by atoms with Crippen LogP contribution in [-0.2, 0) is 14.3 Å². The van der Waals surface area contributed by atoms with Crippen molar-refractivity contribution >= 4 is 35.2 Å². The number of carbonyl (C=O) groups is 2. The number of halogens is 1. The quantitative estimate of drug-likeness (QED) is 0.243. The lowest BCUT2D eigenvalue weighted by Crippen LogP contribution is -2.57. The minimum absolute atomic E-state index is 0.000881. The van der Waals surface area contributed by atoms with Crippen molar-refractivity contribution in [3.05, 3.63) is 0 Å². The Bertz CT molecular complexity index is 766. The summed E-state index contributed by atoms with van der Waals surface area (Å²) in [5.74, 6) is 0.712. The van der Waals surface area contributed by atoms with E-state index in [9.17, 15) is 14.7 Å². The molecule has 4 saturated heterocycles. The predicted molar refractivity (Wildman–Crippen MR) is 131 cm³/mol. The molecule has 0 spiro atoms. The number of nitrogens with zero attached hydrogens (tertiary/aromatic N) is 1. The molecule has 0 aromatic carbocycles. The number of piperidine rings is 2. The summed E-state index contributed by atoms with van der Waals surface area (Å²) in [5, 5.41) is 23.1. The molecule has 5 fully saturated rings. The molecule has 5 aliphatic rings. The van der Waals surface area contributed by atoms with E-state index in [4.69, 9.17) is 16.3 Å². The normalized spacial score (nSPS) is 46.2. The molecule has 2 amide bonds. The Hall–Kier alpha value is -0.620. The van der Waals surface area contributed by atoms with Crippen molar-refractivity contribution < 1.29 is 19.4 Å². The summed E-state index contributed by atoms with van der Waals surface area (Å²) in [6.07, 6.45) is 2.58. The van der Waals surface area contributed by atoms with Gasteiger partial charge in [-0.15, -0.1) is 23.4 Å². The van der Waals surface area contributed by atoms with Crippen LogP contribution in [-0.4, -0.2) is 96.2 Å². The van der Waals surface area contributed by atoms with E-state index in [0.29, 0.717) is 32.2 Å². The predicted octanol–water partition coefficient (Wildman–Crippen LogP) is -0.266. The van der Waals surface area contributed by atoms with Gasteiger partial charge in [0.1, 0.15) is 5.50 Å². The molecule has 5 N–H and O–H groups in total. The lowest BCUT2D eigenvalue weighted by Gasteiger charge is -2.45. The number of likely N-dealkylation sites (tertiary alicyclic amines) is 1. The molecule has 34 heavy (non-hydrogen) atoms. The molecule has 11 heteroatoms. The fourth-order valence-corrected chi connectivity index (χ4v) is 8.13. The molecule has 9 unspecified atom stereocenters. The van der Waals surface area contributed by atoms with E-state index in [2.05, 4.69) is 28.2 Å². The van der Waals surface area contributed by atoms with Crippen LogP contribution in [0.3, 0.4) is 0 Å². The van der Waals surface area contributed by atoms with Gasteiger partial charge < -0.3 is 25.4 Å². The van der Waals surface area contributed by atoms with Crippen molar-refractivity contribution in [2.45, 2.75) is 60.6 Å². The molecule has 4 aliphatic heterocycles. The van der Waals surface area contributed by atoms with Crippen molar-refractivity contribution in [2.75, 3.05) is 39.9 Å². The van der Waals surface area contributed by atoms with Gasteiger partial charge in [-0.2, -0.15) is 0 Å². The average Bonchev–Trinajstić information content (AvgIpc) is 3.37. The minimum Gasteiger partial charge on any atom is -0.396 e. The zero-order valence-electron chi connectivity index (χ0n) is 19.9. The summed E-state index contributed by atoms with van der Waals surface area (Å²) >= 11 is 8.16. The summed E-state index contributed by atoms with van der Waals surface area (Å²) in [6, 6.07) is 0.541. The number of carbonyl (C=O) groups excluding carboxylic acids is 2. The number of rotatable bonds is 6. The third kappa shape index (κ3) is 5.10. The minimum atomic E-state index is -0.141. The summed E-state index contributed by atoms with van der Waals surface area (Å²) in [7, 11) is 1.74. The number of hydrogen-bond donors (Lipinski definition) is 5. The SMILES string of the molecule is COC1CNC(Cl)CC1C1CC(C)NCC1C(=O)NC1NC2CN(C(=O)[C@@H]3C[C@H]3CO)CC2S1. The molecule has 5 rings (SSSR count). The number of nitrogens with one attached hydrogen (secondary N) is 4. The fraction of sp³-hybridized carbons (Fsp3) is 0.913. The fourth-order valence-electron chi connectivity index (χ4n) is 6.43. The molecule has 11 atom stereocenters. The van der Waals surface area contributed by atoms with E-state index in [1.54, 1.807) is 18.9 Å². The van der Waals surface area contributed by atoms with E-state index in [1.807, 2.05) is 4.90 Å². The maximum absolute atomic E-state index is 13.5. The van der Waals surface area contributed by atoms with E-state index in [0.717, 1.165) is 19.3 Å². The highest BCUT2D eigenvalue weighted by Crippen LogP contribution is 2.42. The molecule has 0 aromatic rings. The number of aliphatic hydroxyl groups excluding tert-OH is 1.